The fraction of sp³-hybridized carbons (Fsp3) is 0.824. The number of unbranched alkanes of at least 4 members (excludes halogenated alkanes) is 6. The molecule has 0 aromatic carbocycles. The number of carbonyl (C=O) groups excluding carboxylic acids is 1. The zero-order chi connectivity index (χ0) is 15.2. The molecule has 0 saturated heterocycles. The Morgan fingerprint density at radius 3 is 1.95 bits per heavy atom. The van der Waals surface area contributed by atoms with Crippen molar-refractivity contribution in [1.82, 2.24) is 4.90 Å². The SMILES string of the molecule is C#CCC(N)C(=O)N(CCCCCC)CCCCCC. The lowest BCUT2D eigenvalue weighted by Crippen LogP contribution is -2.44. The molecular weight excluding hydrogens is 248 g/mol. The molecule has 0 aliphatic heterocycles. The highest BCUT2D eigenvalue weighted by molar-refractivity contribution is 5.81. The lowest BCUT2D eigenvalue weighted by atomic mass is 10.1. The number of terminal acetylenes is 1. The number of hydrogen-bond acceptors (Lipinski definition) is 2. The van der Waals surface area contributed by atoms with Gasteiger partial charge in [0.15, 0.2) is 0 Å². The minimum absolute atomic E-state index is 0.0240. The molecule has 0 saturated carbocycles. The Morgan fingerprint density at radius 1 is 1.05 bits per heavy atom. The van der Waals surface area contributed by atoms with Crippen molar-refractivity contribution in [3.8, 4) is 12.3 Å². The Hall–Kier alpha value is -1.01. The van der Waals surface area contributed by atoms with Gasteiger partial charge in [0.05, 0.1) is 6.04 Å². The number of rotatable bonds is 12. The molecule has 1 atom stereocenters. The third-order valence-electron chi connectivity index (χ3n) is 3.53. The monoisotopic (exact) mass is 280 g/mol. The number of hydrogen-bond donors (Lipinski definition) is 1. The van der Waals surface area contributed by atoms with Gasteiger partial charge in [-0.3, -0.25) is 4.79 Å². The Balaban J connectivity index is 4.22. The number of nitrogens with two attached hydrogens (primary N) is 1. The highest BCUT2D eigenvalue weighted by Gasteiger charge is 2.19. The summed E-state index contributed by atoms with van der Waals surface area (Å²) in [5, 5.41) is 0. The normalized spacial score (nSPS) is 11.9. The molecule has 3 nitrogen and oxygen atoms in total. The third kappa shape index (κ3) is 8.98. The number of nitrogens with zero attached hydrogens (tertiary/aromatic N) is 1. The summed E-state index contributed by atoms with van der Waals surface area (Å²) >= 11 is 0. The molecule has 20 heavy (non-hydrogen) atoms. The highest BCUT2D eigenvalue weighted by Crippen LogP contribution is 2.07. The molecule has 1 amide bonds. The first kappa shape index (κ1) is 19.0. The van der Waals surface area contributed by atoms with Gasteiger partial charge in [0.25, 0.3) is 0 Å². The second-order valence-electron chi connectivity index (χ2n) is 5.46. The van der Waals surface area contributed by atoms with Crippen LogP contribution in [0.5, 0.6) is 0 Å². The van der Waals surface area contributed by atoms with Gasteiger partial charge in [0.1, 0.15) is 0 Å². The van der Waals surface area contributed by atoms with Crippen molar-refractivity contribution in [2.24, 2.45) is 5.73 Å². The summed E-state index contributed by atoms with van der Waals surface area (Å²) in [6.07, 6.45) is 14.9. The average molecular weight is 280 g/mol. The van der Waals surface area contributed by atoms with Gasteiger partial charge in [-0.25, -0.2) is 0 Å². The summed E-state index contributed by atoms with van der Waals surface area (Å²) < 4.78 is 0. The molecule has 0 rings (SSSR count). The van der Waals surface area contributed by atoms with Crippen LogP contribution in [0, 0.1) is 12.3 Å². The van der Waals surface area contributed by atoms with E-state index in [9.17, 15) is 4.79 Å². The van der Waals surface area contributed by atoms with Crippen LogP contribution in [0.4, 0.5) is 0 Å². The Labute approximate surface area is 125 Å². The van der Waals surface area contributed by atoms with Crippen LogP contribution in [-0.2, 0) is 4.79 Å². The van der Waals surface area contributed by atoms with E-state index in [4.69, 9.17) is 12.2 Å². The topological polar surface area (TPSA) is 46.3 Å². The van der Waals surface area contributed by atoms with E-state index >= 15 is 0 Å². The summed E-state index contributed by atoms with van der Waals surface area (Å²) in [6.45, 7) is 6.03. The summed E-state index contributed by atoms with van der Waals surface area (Å²) in [7, 11) is 0. The predicted molar refractivity (Wildman–Crippen MR) is 86.3 cm³/mol. The zero-order valence-corrected chi connectivity index (χ0v) is 13.4. The lowest BCUT2D eigenvalue weighted by Gasteiger charge is -2.25. The first-order valence-electron chi connectivity index (χ1n) is 8.15. The van der Waals surface area contributed by atoms with Crippen LogP contribution in [-0.4, -0.2) is 29.9 Å². The Bertz CT molecular complexity index is 271. The number of amides is 1. The van der Waals surface area contributed by atoms with Crippen molar-refractivity contribution in [2.75, 3.05) is 13.1 Å². The van der Waals surface area contributed by atoms with Gasteiger partial charge in [-0.05, 0) is 12.8 Å². The van der Waals surface area contributed by atoms with Crippen LogP contribution < -0.4 is 5.73 Å². The van der Waals surface area contributed by atoms with E-state index < -0.39 is 6.04 Å². The van der Waals surface area contributed by atoms with Crippen LogP contribution in [0.1, 0.15) is 71.6 Å². The molecule has 0 heterocycles. The third-order valence-corrected chi connectivity index (χ3v) is 3.53. The first-order valence-corrected chi connectivity index (χ1v) is 8.15. The van der Waals surface area contributed by atoms with E-state index in [0.717, 1.165) is 25.9 Å². The standard InChI is InChI=1S/C17H32N2O/c1-4-7-9-11-14-19(15-12-10-8-5-2)17(20)16(18)13-6-3/h3,16H,4-5,7-15,18H2,1-2H3. The lowest BCUT2D eigenvalue weighted by molar-refractivity contribution is -0.132. The molecule has 116 valence electrons. The second kappa shape index (κ2) is 13.0. The van der Waals surface area contributed by atoms with E-state index in [1.54, 1.807) is 0 Å². The summed E-state index contributed by atoms with van der Waals surface area (Å²) in [4.78, 5) is 14.2. The molecule has 0 fully saturated rings. The maximum atomic E-state index is 12.3. The molecule has 3 heteroatoms. The molecule has 0 aliphatic rings. The molecular formula is C17H32N2O. The fourth-order valence-corrected chi connectivity index (χ4v) is 2.24. The number of carbonyl (C=O) groups is 1. The van der Waals surface area contributed by atoms with Gasteiger partial charge in [-0.1, -0.05) is 52.4 Å². The van der Waals surface area contributed by atoms with E-state index in [-0.39, 0.29) is 5.91 Å². The van der Waals surface area contributed by atoms with Gasteiger partial charge in [0, 0.05) is 19.5 Å². The van der Waals surface area contributed by atoms with Crippen molar-refractivity contribution >= 4 is 5.91 Å². The minimum atomic E-state index is -0.530. The Morgan fingerprint density at radius 2 is 1.55 bits per heavy atom. The maximum absolute atomic E-state index is 12.3. The average Bonchev–Trinajstić information content (AvgIpc) is 2.45. The molecule has 0 radical (unpaired) electrons. The minimum Gasteiger partial charge on any atom is -0.341 e. The quantitative estimate of drug-likeness (QED) is 0.440. The largest absolute Gasteiger partial charge is 0.341 e. The highest BCUT2D eigenvalue weighted by atomic mass is 16.2. The smallest absolute Gasteiger partial charge is 0.240 e. The molecule has 1 unspecified atom stereocenters. The van der Waals surface area contributed by atoms with E-state index in [1.165, 1.54) is 38.5 Å². The van der Waals surface area contributed by atoms with Crippen molar-refractivity contribution in [1.29, 1.82) is 0 Å². The van der Waals surface area contributed by atoms with Crippen LogP contribution in [0.3, 0.4) is 0 Å². The van der Waals surface area contributed by atoms with E-state index in [1.807, 2.05) is 4.90 Å². The zero-order valence-electron chi connectivity index (χ0n) is 13.4. The molecule has 0 spiro atoms. The predicted octanol–water partition coefficient (Wildman–Crippen LogP) is 3.33. The van der Waals surface area contributed by atoms with Gasteiger partial charge in [-0.2, -0.15) is 0 Å². The molecule has 2 N–H and O–H groups in total. The van der Waals surface area contributed by atoms with Crippen molar-refractivity contribution < 1.29 is 4.79 Å². The fourth-order valence-electron chi connectivity index (χ4n) is 2.24. The summed E-state index contributed by atoms with van der Waals surface area (Å²) in [5.74, 6) is 2.51. The van der Waals surface area contributed by atoms with Gasteiger partial charge < -0.3 is 10.6 Å². The summed E-state index contributed by atoms with van der Waals surface area (Å²) in [5.41, 5.74) is 5.86. The van der Waals surface area contributed by atoms with Gasteiger partial charge >= 0.3 is 0 Å². The van der Waals surface area contributed by atoms with Gasteiger partial charge in [0.2, 0.25) is 5.91 Å². The Kier molecular flexibility index (Phi) is 12.3. The van der Waals surface area contributed by atoms with Crippen LogP contribution in [0.2, 0.25) is 0 Å². The van der Waals surface area contributed by atoms with Crippen LogP contribution >= 0.6 is 0 Å². The second-order valence-corrected chi connectivity index (χ2v) is 5.46. The van der Waals surface area contributed by atoms with Crippen molar-refractivity contribution in [2.45, 2.75) is 77.7 Å². The van der Waals surface area contributed by atoms with E-state index in [2.05, 4.69) is 19.8 Å². The summed E-state index contributed by atoms with van der Waals surface area (Å²) in [6, 6.07) is -0.530. The molecule has 0 aliphatic carbocycles. The van der Waals surface area contributed by atoms with Crippen molar-refractivity contribution in [3.05, 3.63) is 0 Å². The van der Waals surface area contributed by atoms with Crippen LogP contribution in [0.15, 0.2) is 0 Å². The molecule has 0 aromatic heterocycles. The van der Waals surface area contributed by atoms with Gasteiger partial charge in [-0.15, -0.1) is 12.3 Å². The molecule has 0 bridgehead atoms. The maximum Gasteiger partial charge on any atom is 0.240 e. The molecule has 0 aromatic rings. The van der Waals surface area contributed by atoms with Crippen LogP contribution in [0.25, 0.3) is 0 Å². The first-order chi connectivity index (χ1) is 9.67. The van der Waals surface area contributed by atoms with Crippen molar-refractivity contribution in [3.63, 3.8) is 0 Å². The van der Waals surface area contributed by atoms with E-state index in [0.29, 0.717) is 6.42 Å².